The van der Waals surface area contributed by atoms with Crippen LogP contribution in [0.25, 0.3) is 0 Å². The molecule has 0 bridgehead atoms. The van der Waals surface area contributed by atoms with Gasteiger partial charge < -0.3 is 14.4 Å². The molecule has 0 spiro atoms. The molecule has 4 nitrogen and oxygen atoms in total. The van der Waals surface area contributed by atoms with Gasteiger partial charge in [-0.05, 0) is 19.9 Å². The van der Waals surface area contributed by atoms with Crippen LogP contribution in [-0.4, -0.2) is 36.8 Å². The van der Waals surface area contributed by atoms with Crippen molar-refractivity contribution in [1.29, 1.82) is 0 Å². The average molecular weight is 249 g/mol. The minimum absolute atomic E-state index is 0.0713. The van der Waals surface area contributed by atoms with Gasteiger partial charge in [0.05, 0.1) is 25.7 Å². The second-order valence-corrected chi connectivity index (χ2v) is 5.10. The second-order valence-electron chi connectivity index (χ2n) is 5.10. The Labute approximate surface area is 107 Å². The molecule has 0 N–H and O–H groups in total. The highest BCUT2D eigenvalue weighted by Crippen LogP contribution is 2.24. The van der Waals surface area contributed by atoms with E-state index in [0.717, 1.165) is 11.3 Å². The zero-order valence-corrected chi connectivity index (χ0v) is 11.1. The number of rotatable bonds is 3. The fraction of sp³-hybridized carbons (Fsp3) is 0.500. The minimum Gasteiger partial charge on any atom is -0.496 e. The van der Waals surface area contributed by atoms with E-state index in [4.69, 9.17) is 9.47 Å². The van der Waals surface area contributed by atoms with Crippen LogP contribution in [0.3, 0.4) is 0 Å². The molecule has 2 rings (SSSR count). The standard InChI is InChI=1S/C14H19NO3/c1-14(2)9-18-10-15(14)13(16)8-11-6-4-5-7-12(11)17-3/h4-7H,8-10H2,1-3H3. The molecule has 4 heteroatoms. The van der Waals surface area contributed by atoms with Crippen molar-refractivity contribution in [3.63, 3.8) is 0 Å². The molecular weight excluding hydrogens is 230 g/mol. The molecule has 1 amide bonds. The van der Waals surface area contributed by atoms with Crippen molar-refractivity contribution in [2.45, 2.75) is 25.8 Å². The predicted octanol–water partition coefficient (Wildman–Crippen LogP) is 1.83. The van der Waals surface area contributed by atoms with Gasteiger partial charge in [0.2, 0.25) is 5.91 Å². The first-order chi connectivity index (χ1) is 8.54. The van der Waals surface area contributed by atoms with Crippen LogP contribution in [0, 0.1) is 0 Å². The number of para-hydroxylation sites is 1. The number of carbonyl (C=O) groups excluding carboxylic acids is 1. The van der Waals surface area contributed by atoms with E-state index in [1.807, 2.05) is 38.1 Å². The first-order valence-corrected chi connectivity index (χ1v) is 6.05. The average Bonchev–Trinajstić information content (AvgIpc) is 2.69. The van der Waals surface area contributed by atoms with Crippen LogP contribution in [0.1, 0.15) is 19.4 Å². The molecule has 1 fully saturated rings. The lowest BCUT2D eigenvalue weighted by molar-refractivity contribution is -0.134. The number of hydrogen-bond acceptors (Lipinski definition) is 3. The third-order valence-electron chi connectivity index (χ3n) is 3.24. The lowest BCUT2D eigenvalue weighted by Gasteiger charge is -2.29. The number of benzene rings is 1. The van der Waals surface area contributed by atoms with Gasteiger partial charge in [0.1, 0.15) is 12.5 Å². The monoisotopic (exact) mass is 249 g/mol. The van der Waals surface area contributed by atoms with Gasteiger partial charge in [-0.3, -0.25) is 4.79 Å². The van der Waals surface area contributed by atoms with Gasteiger partial charge in [-0.25, -0.2) is 0 Å². The normalized spacial score (nSPS) is 17.8. The number of amides is 1. The fourth-order valence-electron chi connectivity index (χ4n) is 2.16. The Morgan fingerprint density at radius 2 is 2.17 bits per heavy atom. The van der Waals surface area contributed by atoms with Crippen LogP contribution < -0.4 is 4.74 Å². The summed E-state index contributed by atoms with van der Waals surface area (Å²) in [6.45, 7) is 4.99. The maximum Gasteiger partial charge on any atom is 0.229 e. The van der Waals surface area contributed by atoms with E-state index < -0.39 is 0 Å². The summed E-state index contributed by atoms with van der Waals surface area (Å²) in [4.78, 5) is 14.1. The predicted molar refractivity (Wildman–Crippen MR) is 68.4 cm³/mol. The summed E-state index contributed by atoms with van der Waals surface area (Å²) in [6, 6.07) is 7.60. The highest BCUT2D eigenvalue weighted by atomic mass is 16.5. The van der Waals surface area contributed by atoms with Crippen molar-refractivity contribution in [3.8, 4) is 5.75 Å². The molecule has 18 heavy (non-hydrogen) atoms. The lowest BCUT2D eigenvalue weighted by Crippen LogP contribution is -2.44. The largest absolute Gasteiger partial charge is 0.496 e. The van der Waals surface area contributed by atoms with Gasteiger partial charge in [-0.1, -0.05) is 18.2 Å². The Morgan fingerprint density at radius 1 is 1.44 bits per heavy atom. The van der Waals surface area contributed by atoms with Crippen molar-refractivity contribution in [2.24, 2.45) is 0 Å². The summed E-state index contributed by atoms with van der Waals surface area (Å²) in [5, 5.41) is 0. The van der Waals surface area contributed by atoms with Crippen molar-refractivity contribution in [3.05, 3.63) is 29.8 Å². The van der Waals surface area contributed by atoms with Crippen LogP contribution in [0.15, 0.2) is 24.3 Å². The summed E-state index contributed by atoms with van der Waals surface area (Å²) in [6.07, 6.45) is 0.344. The molecule has 0 aromatic heterocycles. The number of hydrogen-bond donors (Lipinski definition) is 0. The highest BCUT2D eigenvalue weighted by Gasteiger charge is 2.36. The fourth-order valence-corrected chi connectivity index (χ4v) is 2.16. The van der Waals surface area contributed by atoms with Crippen LogP contribution in [0.4, 0.5) is 0 Å². The van der Waals surface area contributed by atoms with E-state index in [2.05, 4.69) is 0 Å². The van der Waals surface area contributed by atoms with Crippen molar-refractivity contribution >= 4 is 5.91 Å². The summed E-state index contributed by atoms with van der Waals surface area (Å²) in [5.41, 5.74) is 0.687. The summed E-state index contributed by atoms with van der Waals surface area (Å²) >= 11 is 0. The molecule has 0 atom stereocenters. The van der Waals surface area contributed by atoms with Crippen molar-refractivity contribution < 1.29 is 14.3 Å². The second kappa shape index (κ2) is 4.98. The Balaban J connectivity index is 2.12. The topological polar surface area (TPSA) is 38.8 Å². The number of ether oxygens (including phenoxy) is 2. The third-order valence-corrected chi connectivity index (χ3v) is 3.24. The molecule has 0 saturated carbocycles. The molecule has 0 radical (unpaired) electrons. The maximum atomic E-state index is 12.3. The molecule has 1 aliphatic rings. The highest BCUT2D eigenvalue weighted by molar-refractivity contribution is 5.80. The first kappa shape index (κ1) is 12.9. The maximum absolute atomic E-state index is 12.3. The Morgan fingerprint density at radius 3 is 2.78 bits per heavy atom. The molecule has 0 aliphatic carbocycles. The van der Waals surface area contributed by atoms with Gasteiger partial charge in [-0.15, -0.1) is 0 Å². The quantitative estimate of drug-likeness (QED) is 0.820. The molecule has 98 valence electrons. The summed E-state index contributed by atoms with van der Waals surface area (Å²) in [7, 11) is 1.62. The van der Waals surface area contributed by atoms with Crippen LogP contribution in [-0.2, 0) is 16.0 Å². The summed E-state index contributed by atoms with van der Waals surface area (Å²) in [5.74, 6) is 0.825. The molecule has 0 unspecified atom stereocenters. The third kappa shape index (κ3) is 2.48. The zero-order chi connectivity index (χ0) is 13.2. The van der Waals surface area contributed by atoms with Crippen LogP contribution >= 0.6 is 0 Å². The van der Waals surface area contributed by atoms with Crippen LogP contribution in [0.5, 0.6) is 5.75 Å². The van der Waals surface area contributed by atoms with Gasteiger partial charge in [0.15, 0.2) is 0 Å². The van der Waals surface area contributed by atoms with Crippen molar-refractivity contribution in [1.82, 2.24) is 4.90 Å². The Hall–Kier alpha value is -1.55. The minimum atomic E-state index is -0.223. The van der Waals surface area contributed by atoms with Gasteiger partial charge in [0.25, 0.3) is 0 Å². The molecule has 1 aromatic carbocycles. The Bertz CT molecular complexity index is 442. The molecule has 1 heterocycles. The molecule has 1 saturated heterocycles. The Kier molecular flexibility index (Phi) is 3.57. The van der Waals surface area contributed by atoms with E-state index in [1.54, 1.807) is 12.0 Å². The van der Waals surface area contributed by atoms with Gasteiger partial charge in [0, 0.05) is 5.56 Å². The SMILES string of the molecule is COc1ccccc1CC(=O)N1COCC1(C)C. The van der Waals surface area contributed by atoms with E-state index in [9.17, 15) is 4.79 Å². The molecule has 1 aliphatic heterocycles. The first-order valence-electron chi connectivity index (χ1n) is 6.05. The number of methoxy groups -OCH3 is 1. The van der Waals surface area contributed by atoms with E-state index in [1.165, 1.54) is 0 Å². The summed E-state index contributed by atoms with van der Waals surface area (Å²) < 4.78 is 10.6. The smallest absolute Gasteiger partial charge is 0.229 e. The zero-order valence-electron chi connectivity index (χ0n) is 11.1. The molecular formula is C14H19NO3. The molecule has 1 aromatic rings. The number of nitrogens with zero attached hydrogens (tertiary/aromatic N) is 1. The van der Waals surface area contributed by atoms with Crippen LogP contribution in [0.2, 0.25) is 0 Å². The van der Waals surface area contributed by atoms with E-state index in [-0.39, 0.29) is 11.4 Å². The number of carbonyl (C=O) groups is 1. The lowest BCUT2D eigenvalue weighted by atomic mass is 10.0. The van der Waals surface area contributed by atoms with Crippen molar-refractivity contribution in [2.75, 3.05) is 20.4 Å². The van der Waals surface area contributed by atoms with Gasteiger partial charge >= 0.3 is 0 Å². The van der Waals surface area contributed by atoms with Gasteiger partial charge in [-0.2, -0.15) is 0 Å². The van der Waals surface area contributed by atoms with E-state index in [0.29, 0.717) is 19.8 Å². The van der Waals surface area contributed by atoms with E-state index >= 15 is 0 Å².